The minimum atomic E-state index is -0.600. The van der Waals surface area contributed by atoms with E-state index in [1.54, 1.807) is 0 Å². The molecule has 0 aromatic carbocycles. The highest BCUT2D eigenvalue weighted by molar-refractivity contribution is 5.94. The van der Waals surface area contributed by atoms with Gasteiger partial charge in [-0.2, -0.15) is 0 Å². The normalized spacial score (nSPS) is 36.6. The molecule has 106 valence electrons. The number of nitrogens with two attached hydrogens (primary N) is 1. The van der Waals surface area contributed by atoms with E-state index in [9.17, 15) is 4.79 Å². The van der Waals surface area contributed by atoms with Gasteiger partial charge in [-0.15, -0.1) is 0 Å². The zero-order valence-corrected chi connectivity index (χ0v) is 11.3. The van der Waals surface area contributed by atoms with Gasteiger partial charge in [0.1, 0.15) is 5.54 Å². The van der Waals surface area contributed by atoms with Gasteiger partial charge in [-0.25, -0.2) is 0 Å². The van der Waals surface area contributed by atoms with Gasteiger partial charge in [-0.3, -0.25) is 4.79 Å². The first kappa shape index (κ1) is 12.8. The summed E-state index contributed by atoms with van der Waals surface area (Å²) in [6.07, 6.45) is 8.14. The molecule has 0 heterocycles. The van der Waals surface area contributed by atoms with Crippen molar-refractivity contribution in [1.82, 2.24) is 5.32 Å². The fourth-order valence-corrected chi connectivity index (χ4v) is 3.96. The van der Waals surface area contributed by atoms with Gasteiger partial charge in [0.15, 0.2) is 5.84 Å². The molecule has 3 rings (SSSR count). The quantitative estimate of drug-likeness (QED) is 0.313. The molecule has 0 radical (unpaired) electrons. The van der Waals surface area contributed by atoms with Crippen LogP contribution in [0.1, 0.15) is 51.4 Å². The Labute approximate surface area is 113 Å². The summed E-state index contributed by atoms with van der Waals surface area (Å²) >= 11 is 0. The van der Waals surface area contributed by atoms with E-state index >= 15 is 0 Å². The highest BCUT2D eigenvalue weighted by atomic mass is 16.4. The van der Waals surface area contributed by atoms with Gasteiger partial charge in [-0.05, 0) is 43.9 Å². The lowest BCUT2D eigenvalue weighted by Crippen LogP contribution is -2.59. The minimum Gasteiger partial charge on any atom is -0.409 e. The van der Waals surface area contributed by atoms with E-state index in [0.717, 1.165) is 56.8 Å². The summed E-state index contributed by atoms with van der Waals surface area (Å²) in [5, 5.41) is 15.3. The third kappa shape index (κ3) is 2.30. The molecule has 1 amide bonds. The number of nitrogens with zero attached hydrogens (tertiary/aromatic N) is 1. The van der Waals surface area contributed by atoms with Gasteiger partial charge in [-0.1, -0.05) is 24.4 Å². The van der Waals surface area contributed by atoms with E-state index in [-0.39, 0.29) is 17.7 Å². The average Bonchev–Trinajstić information content (AvgIpc) is 3.05. The molecule has 4 N–H and O–H groups in total. The Hall–Kier alpha value is -1.26. The Morgan fingerprint density at radius 3 is 2.37 bits per heavy atom. The van der Waals surface area contributed by atoms with Crippen LogP contribution in [0.5, 0.6) is 0 Å². The van der Waals surface area contributed by atoms with Gasteiger partial charge in [0.25, 0.3) is 0 Å². The van der Waals surface area contributed by atoms with Crippen molar-refractivity contribution in [2.75, 3.05) is 0 Å². The standard InChI is InChI=1S/C14H23N3O2/c15-13(17-19)14(4-2-1-3-5-14)16-12(18)11-7-9-6-10(9)8-11/h9-11,19H,1-8H2,(H2,15,17)(H,16,18). The Morgan fingerprint density at radius 1 is 1.16 bits per heavy atom. The van der Waals surface area contributed by atoms with Crippen molar-refractivity contribution in [2.45, 2.75) is 56.9 Å². The second-order valence-corrected chi connectivity index (χ2v) is 6.54. The number of fused-ring (bicyclic) bond motifs is 1. The van der Waals surface area contributed by atoms with Crippen LogP contribution < -0.4 is 11.1 Å². The van der Waals surface area contributed by atoms with Crippen molar-refractivity contribution in [3.63, 3.8) is 0 Å². The van der Waals surface area contributed by atoms with Crippen LogP contribution in [-0.4, -0.2) is 22.5 Å². The van der Waals surface area contributed by atoms with E-state index in [2.05, 4.69) is 10.5 Å². The van der Waals surface area contributed by atoms with Gasteiger partial charge >= 0.3 is 0 Å². The molecular weight excluding hydrogens is 242 g/mol. The number of amidine groups is 1. The monoisotopic (exact) mass is 265 g/mol. The molecule has 19 heavy (non-hydrogen) atoms. The maximum Gasteiger partial charge on any atom is 0.223 e. The number of hydrogen-bond donors (Lipinski definition) is 3. The number of rotatable bonds is 3. The van der Waals surface area contributed by atoms with Crippen molar-refractivity contribution in [3.05, 3.63) is 0 Å². The molecule has 0 aliphatic heterocycles. The van der Waals surface area contributed by atoms with Crippen molar-refractivity contribution in [3.8, 4) is 0 Å². The minimum absolute atomic E-state index is 0.112. The molecule has 0 aromatic rings. The number of amides is 1. The molecule has 2 atom stereocenters. The predicted octanol–water partition coefficient (Wildman–Crippen LogP) is 1.60. The maximum atomic E-state index is 12.4. The van der Waals surface area contributed by atoms with Crippen LogP contribution >= 0.6 is 0 Å². The zero-order chi connectivity index (χ0) is 13.5. The van der Waals surface area contributed by atoms with Gasteiger partial charge < -0.3 is 16.3 Å². The molecule has 3 aliphatic rings. The van der Waals surface area contributed by atoms with E-state index in [0.29, 0.717) is 0 Å². The molecule has 3 aliphatic carbocycles. The fraction of sp³-hybridized carbons (Fsp3) is 0.857. The SMILES string of the molecule is NC(=NO)C1(NC(=O)C2CC3CC3C2)CCCCC1. The predicted molar refractivity (Wildman–Crippen MR) is 71.7 cm³/mol. The lowest BCUT2D eigenvalue weighted by Gasteiger charge is -2.37. The average molecular weight is 265 g/mol. The Balaban J connectivity index is 1.68. The summed E-state index contributed by atoms with van der Waals surface area (Å²) < 4.78 is 0. The first-order valence-corrected chi connectivity index (χ1v) is 7.45. The highest BCUT2D eigenvalue weighted by Gasteiger charge is 2.49. The van der Waals surface area contributed by atoms with Gasteiger partial charge in [0.2, 0.25) is 5.91 Å². The molecule has 0 spiro atoms. The molecular formula is C14H23N3O2. The lowest BCUT2D eigenvalue weighted by molar-refractivity contribution is -0.126. The van der Waals surface area contributed by atoms with E-state index in [4.69, 9.17) is 10.9 Å². The van der Waals surface area contributed by atoms with Crippen LogP contribution in [0.3, 0.4) is 0 Å². The van der Waals surface area contributed by atoms with Crippen LogP contribution in [0, 0.1) is 17.8 Å². The van der Waals surface area contributed by atoms with E-state index in [1.165, 1.54) is 6.42 Å². The smallest absolute Gasteiger partial charge is 0.223 e. The summed E-state index contributed by atoms with van der Waals surface area (Å²) in [6.45, 7) is 0. The van der Waals surface area contributed by atoms with Crippen molar-refractivity contribution in [1.29, 1.82) is 0 Å². The van der Waals surface area contributed by atoms with Crippen molar-refractivity contribution in [2.24, 2.45) is 28.6 Å². The summed E-state index contributed by atoms with van der Waals surface area (Å²) in [5.74, 6) is 2.02. The zero-order valence-electron chi connectivity index (χ0n) is 11.3. The molecule has 5 heteroatoms. The summed E-state index contributed by atoms with van der Waals surface area (Å²) in [6, 6.07) is 0. The largest absolute Gasteiger partial charge is 0.409 e. The molecule has 0 saturated heterocycles. The Kier molecular flexibility index (Phi) is 3.15. The number of carbonyl (C=O) groups is 1. The van der Waals surface area contributed by atoms with Crippen LogP contribution in [0.2, 0.25) is 0 Å². The number of hydrogen-bond acceptors (Lipinski definition) is 3. The van der Waals surface area contributed by atoms with Crippen LogP contribution in [-0.2, 0) is 4.79 Å². The first-order valence-electron chi connectivity index (χ1n) is 7.45. The Bertz CT molecular complexity index is 391. The van der Waals surface area contributed by atoms with E-state index < -0.39 is 5.54 Å². The molecule has 5 nitrogen and oxygen atoms in total. The maximum absolute atomic E-state index is 12.4. The number of carbonyl (C=O) groups excluding carboxylic acids is 1. The fourth-order valence-electron chi connectivity index (χ4n) is 3.96. The Morgan fingerprint density at radius 2 is 1.79 bits per heavy atom. The van der Waals surface area contributed by atoms with Crippen molar-refractivity contribution >= 4 is 11.7 Å². The third-order valence-electron chi connectivity index (χ3n) is 5.28. The molecule has 3 saturated carbocycles. The van der Waals surface area contributed by atoms with Crippen LogP contribution in [0.4, 0.5) is 0 Å². The second kappa shape index (κ2) is 4.69. The lowest BCUT2D eigenvalue weighted by atomic mass is 9.80. The van der Waals surface area contributed by atoms with Crippen LogP contribution in [0.25, 0.3) is 0 Å². The molecule has 0 aromatic heterocycles. The first-order chi connectivity index (χ1) is 9.14. The van der Waals surface area contributed by atoms with Gasteiger partial charge in [0.05, 0.1) is 0 Å². The highest BCUT2D eigenvalue weighted by Crippen LogP contribution is 2.54. The molecule has 2 unspecified atom stereocenters. The van der Waals surface area contributed by atoms with E-state index in [1.807, 2.05) is 0 Å². The van der Waals surface area contributed by atoms with Crippen molar-refractivity contribution < 1.29 is 10.0 Å². The van der Waals surface area contributed by atoms with Crippen LogP contribution in [0.15, 0.2) is 5.16 Å². The number of oxime groups is 1. The summed E-state index contributed by atoms with van der Waals surface area (Å²) in [5.41, 5.74) is 5.25. The molecule has 0 bridgehead atoms. The summed E-state index contributed by atoms with van der Waals surface area (Å²) in [7, 11) is 0. The topological polar surface area (TPSA) is 87.7 Å². The second-order valence-electron chi connectivity index (χ2n) is 6.54. The third-order valence-corrected chi connectivity index (χ3v) is 5.28. The molecule has 3 fully saturated rings. The summed E-state index contributed by atoms with van der Waals surface area (Å²) in [4.78, 5) is 12.4. The van der Waals surface area contributed by atoms with Gasteiger partial charge in [0, 0.05) is 5.92 Å². The number of nitrogens with one attached hydrogen (secondary N) is 1.